The number of anilines is 1. The third kappa shape index (κ3) is 2.70. The minimum atomic E-state index is -1.21. The van der Waals surface area contributed by atoms with Crippen LogP contribution in [0.3, 0.4) is 0 Å². The van der Waals surface area contributed by atoms with E-state index in [0.29, 0.717) is 11.4 Å². The van der Waals surface area contributed by atoms with Crippen LogP contribution < -0.4 is 5.32 Å². The van der Waals surface area contributed by atoms with Crippen LogP contribution in [0.4, 0.5) is 14.7 Å². The summed E-state index contributed by atoms with van der Waals surface area (Å²) in [5.41, 5.74) is 0.793. The zero-order chi connectivity index (χ0) is 14.0. The first-order valence-electron chi connectivity index (χ1n) is 5.42. The van der Waals surface area contributed by atoms with E-state index in [9.17, 15) is 13.6 Å². The van der Waals surface area contributed by atoms with Gasteiger partial charge in [0.25, 0.3) is 5.91 Å². The number of amides is 1. The predicted octanol–water partition coefficient (Wildman–Crippen LogP) is 2.02. The highest BCUT2D eigenvalue weighted by molar-refractivity contribution is 6.03. The van der Waals surface area contributed by atoms with Crippen molar-refractivity contribution in [1.82, 2.24) is 15.2 Å². The molecule has 0 unspecified atom stereocenters. The molecule has 1 amide bonds. The molecule has 0 radical (unpaired) electrons. The fourth-order valence-corrected chi connectivity index (χ4v) is 1.36. The van der Waals surface area contributed by atoms with Gasteiger partial charge in [-0.2, -0.15) is 5.10 Å². The van der Waals surface area contributed by atoms with Gasteiger partial charge >= 0.3 is 0 Å². The molecule has 0 saturated carbocycles. The molecule has 1 aromatic carbocycles. The maximum absolute atomic E-state index is 13.4. The molecule has 1 heterocycles. The summed E-state index contributed by atoms with van der Waals surface area (Å²) in [6.07, 6.45) is 0. The molecular formula is C12H10F2N4O. The SMILES string of the molecule is Cc1nnc(NC(=O)c2cccc(F)c2F)nc1C. The molecule has 1 N–H and O–H groups in total. The second kappa shape index (κ2) is 5.05. The van der Waals surface area contributed by atoms with E-state index in [1.165, 1.54) is 12.1 Å². The number of carbonyl (C=O) groups is 1. The van der Waals surface area contributed by atoms with E-state index < -0.39 is 23.1 Å². The van der Waals surface area contributed by atoms with Crippen molar-refractivity contribution >= 4 is 11.9 Å². The number of hydrogen-bond donors (Lipinski definition) is 1. The molecule has 0 fully saturated rings. The highest BCUT2D eigenvalue weighted by Crippen LogP contribution is 2.12. The summed E-state index contributed by atoms with van der Waals surface area (Å²) >= 11 is 0. The Morgan fingerprint density at radius 2 is 1.89 bits per heavy atom. The smallest absolute Gasteiger partial charge is 0.261 e. The number of rotatable bonds is 2. The zero-order valence-corrected chi connectivity index (χ0v) is 10.2. The number of aryl methyl sites for hydroxylation is 2. The van der Waals surface area contributed by atoms with Gasteiger partial charge in [0.05, 0.1) is 17.0 Å². The van der Waals surface area contributed by atoms with Crippen LogP contribution in [-0.2, 0) is 0 Å². The molecule has 0 atom stereocenters. The maximum Gasteiger partial charge on any atom is 0.261 e. The standard InChI is InChI=1S/C12H10F2N4O/c1-6-7(2)17-18-12(15-6)16-11(19)8-4-3-5-9(13)10(8)14/h3-5H,1-2H3,(H,15,16,18,19). The lowest BCUT2D eigenvalue weighted by molar-refractivity contribution is 0.102. The van der Waals surface area contributed by atoms with Gasteiger partial charge in [-0.15, -0.1) is 5.10 Å². The number of benzene rings is 1. The summed E-state index contributed by atoms with van der Waals surface area (Å²) in [4.78, 5) is 15.7. The highest BCUT2D eigenvalue weighted by atomic mass is 19.2. The van der Waals surface area contributed by atoms with E-state index in [4.69, 9.17) is 0 Å². The first-order chi connectivity index (χ1) is 8.99. The Labute approximate surface area is 107 Å². The Kier molecular flexibility index (Phi) is 3.46. The predicted molar refractivity (Wildman–Crippen MR) is 63.6 cm³/mol. The van der Waals surface area contributed by atoms with Crippen molar-refractivity contribution in [1.29, 1.82) is 0 Å². The van der Waals surface area contributed by atoms with Crippen molar-refractivity contribution in [3.63, 3.8) is 0 Å². The summed E-state index contributed by atoms with van der Waals surface area (Å²) in [7, 11) is 0. The molecule has 0 aliphatic heterocycles. The number of carbonyl (C=O) groups excluding carboxylic acids is 1. The number of nitrogens with one attached hydrogen (secondary N) is 1. The molecule has 98 valence electrons. The van der Waals surface area contributed by atoms with Crippen LogP contribution in [0.25, 0.3) is 0 Å². The van der Waals surface area contributed by atoms with Crippen molar-refractivity contribution in [2.24, 2.45) is 0 Å². The Balaban J connectivity index is 2.26. The lowest BCUT2D eigenvalue weighted by atomic mass is 10.2. The van der Waals surface area contributed by atoms with Crippen molar-refractivity contribution in [2.45, 2.75) is 13.8 Å². The molecule has 2 aromatic rings. The van der Waals surface area contributed by atoms with Gasteiger partial charge in [0, 0.05) is 0 Å². The summed E-state index contributed by atoms with van der Waals surface area (Å²) in [6.45, 7) is 3.41. The monoisotopic (exact) mass is 264 g/mol. The van der Waals surface area contributed by atoms with Crippen LogP contribution >= 0.6 is 0 Å². The number of nitrogens with zero attached hydrogens (tertiary/aromatic N) is 3. The van der Waals surface area contributed by atoms with Crippen LogP contribution in [0.15, 0.2) is 18.2 Å². The molecule has 0 aliphatic carbocycles. The van der Waals surface area contributed by atoms with Crippen LogP contribution in [0, 0.1) is 25.5 Å². The van der Waals surface area contributed by atoms with Crippen LogP contribution in [0.2, 0.25) is 0 Å². The first-order valence-corrected chi connectivity index (χ1v) is 5.42. The minimum absolute atomic E-state index is 0.0586. The molecule has 2 rings (SSSR count). The maximum atomic E-state index is 13.4. The van der Waals surface area contributed by atoms with Gasteiger partial charge in [-0.25, -0.2) is 13.8 Å². The highest BCUT2D eigenvalue weighted by Gasteiger charge is 2.16. The summed E-state index contributed by atoms with van der Waals surface area (Å²) < 4.78 is 26.4. The summed E-state index contributed by atoms with van der Waals surface area (Å²) in [5.74, 6) is -3.19. The van der Waals surface area contributed by atoms with E-state index in [-0.39, 0.29) is 5.95 Å². The second-order valence-electron chi connectivity index (χ2n) is 3.86. The Morgan fingerprint density at radius 1 is 1.16 bits per heavy atom. The third-order valence-electron chi connectivity index (χ3n) is 2.51. The normalized spacial score (nSPS) is 10.3. The van der Waals surface area contributed by atoms with Crippen molar-refractivity contribution in [3.05, 3.63) is 46.8 Å². The molecule has 7 heteroatoms. The first kappa shape index (κ1) is 13.0. The topological polar surface area (TPSA) is 67.8 Å². The van der Waals surface area contributed by atoms with Crippen molar-refractivity contribution < 1.29 is 13.6 Å². The van der Waals surface area contributed by atoms with Gasteiger partial charge in [-0.05, 0) is 26.0 Å². The van der Waals surface area contributed by atoms with Crippen LogP contribution in [0.1, 0.15) is 21.7 Å². The van der Waals surface area contributed by atoms with Crippen LogP contribution in [0.5, 0.6) is 0 Å². The molecule has 5 nitrogen and oxygen atoms in total. The van der Waals surface area contributed by atoms with E-state index in [2.05, 4.69) is 20.5 Å². The fraction of sp³-hybridized carbons (Fsp3) is 0.167. The van der Waals surface area contributed by atoms with Gasteiger partial charge in [-0.3, -0.25) is 10.1 Å². The van der Waals surface area contributed by atoms with Crippen LogP contribution in [-0.4, -0.2) is 21.1 Å². The summed E-state index contributed by atoms with van der Waals surface area (Å²) in [6, 6.07) is 3.34. The Hall–Kier alpha value is -2.44. The second-order valence-corrected chi connectivity index (χ2v) is 3.86. The molecule has 1 aromatic heterocycles. The third-order valence-corrected chi connectivity index (χ3v) is 2.51. The van der Waals surface area contributed by atoms with Gasteiger partial charge in [0.15, 0.2) is 11.6 Å². The van der Waals surface area contributed by atoms with Crippen molar-refractivity contribution in [2.75, 3.05) is 5.32 Å². The quantitative estimate of drug-likeness (QED) is 0.901. The average Bonchev–Trinajstić information content (AvgIpc) is 2.37. The van der Waals surface area contributed by atoms with Gasteiger partial charge in [-0.1, -0.05) is 6.07 Å². The molecule has 0 saturated heterocycles. The fourth-order valence-electron chi connectivity index (χ4n) is 1.36. The van der Waals surface area contributed by atoms with E-state index >= 15 is 0 Å². The molecular weight excluding hydrogens is 254 g/mol. The number of aromatic nitrogens is 3. The number of hydrogen-bond acceptors (Lipinski definition) is 4. The van der Waals surface area contributed by atoms with Gasteiger partial charge in [0.2, 0.25) is 5.95 Å². The molecule has 19 heavy (non-hydrogen) atoms. The molecule has 0 spiro atoms. The van der Waals surface area contributed by atoms with E-state index in [0.717, 1.165) is 6.07 Å². The zero-order valence-electron chi connectivity index (χ0n) is 10.2. The minimum Gasteiger partial charge on any atom is -0.289 e. The lowest BCUT2D eigenvalue weighted by Crippen LogP contribution is -2.17. The van der Waals surface area contributed by atoms with Gasteiger partial charge in [0.1, 0.15) is 0 Å². The van der Waals surface area contributed by atoms with Crippen molar-refractivity contribution in [3.8, 4) is 0 Å². The Bertz CT molecular complexity index is 646. The lowest BCUT2D eigenvalue weighted by Gasteiger charge is -2.05. The average molecular weight is 264 g/mol. The summed E-state index contributed by atoms with van der Waals surface area (Å²) in [5, 5.41) is 9.68. The Morgan fingerprint density at radius 3 is 2.58 bits per heavy atom. The van der Waals surface area contributed by atoms with E-state index in [1.54, 1.807) is 13.8 Å². The largest absolute Gasteiger partial charge is 0.289 e. The van der Waals surface area contributed by atoms with E-state index in [1.807, 2.05) is 0 Å². The number of halogens is 2. The molecule has 0 bridgehead atoms. The van der Waals surface area contributed by atoms with Gasteiger partial charge < -0.3 is 0 Å². The molecule has 0 aliphatic rings.